The molecule has 1 atom stereocenters. The van der Waals surface area contributed by atoms with E-state index in [1.807, 2.05) is 6.07 Å². The molecule has 0 saturated heterocycles. The van der Waals surface area contributed by atoms with Crippen LogP contribution < -0.4 is 5.30 Å². The second kappa shape index (κ2) is 5.99. The fraction of sp³-hybridized carbons (Fsp3) is 0.417. The van der Waals surface area contributed by atoms with Crippen LogP contribution in [0.4, 0.5) is 0 Å². The summed E-state index contributed by atoms with van der Waals surface area (Å²) >= 11 is 0. The molecule has 0 fully saturated rings. The Morgan fingerprint density at radius 3 is 2.35 bits per heavy atom. The SMILES string of the molecule is CC(=O)OC[P@@](=O)(OC(C)C)c1ccccc1. The number of rotatable bonds is 5. The van der Waals surface area contributed by atoms with E-state index < -0.39 is 13.3 Å². The van der Waals surface area contributed by atoms with Gasteiger partial charge in [0.1, 0.15) is 0 Å². The second-order valence-corrected chi connectivity index (χ2v) is 6.26. The lowest BCUT2D eigenvalue weighted by molar-refractivity contribution is -0.139. The van der Waals surface area contributed by atoms with Crippen LogP contribution in [0, 0.1) is 0 Å². The van der Waals surface area contributed by atoms with Crippen molar-refractivity contribution in [1.82, 2.24) is 0 Å². The number of hydrogen-bond donors (Lipinski definition) is 0. The summed E-state index contributed by atoms with van der Waals surface area (Å²) in [6.07, 6.45) is -0.415. The molecule has 5 heteroatoms. The predicted molar refractivity (Wildman–Crippen MR) is 66.5 cm³/mol. The van der Waals surface area contributed by atoms with Crippen molar-refractivity contribution < 1.29 is 18.6 Å². The van der Waals surface area contributed by atoms with Gasteiger partial charge in [-0.3, -0.25) is 9.36 Å². The molecule has 0 aromatic heterocycles. The number of ether oxygens (including phenoxy) is 1. The molecule has 0 amide bonds. The summed E-state index contributed by atoms with van der Waals surface area (Å²) in [6, 6.07) is 8.81. The molecule has 0 heterocycles. The lowest BCUT2D eigenvalue weighted by atomic mass is 10.4. The molecule has 1 aromatic rings. The third-order valence-electron chi connectivity index (χ3n) is 1.97. The van der Waals surface area contributed by atoms with Crippen LogP contribution in [0.5, 0.6) is 0 Å². The van der Waals surface area contributed by atoms with Gasteiger partial charge in [-0.25, -0.2) is 0 Å². The highest BCUT2D eigenvalue weighted by atomic mass is 31.2. The molecule has 17 heavy (non-hydrogen) atoms. The quantitative estimate of drug-likeness (QED) is 0.600. The van der Waals surface area contributed by atoms with E-state index >= 15 is 0 Å². The molecule has 0 bridgehead atoms. The van der Waals surface area contributed by atoms with Gasteiger partial charge in [-0.05, 0) is 26.0 Å². The van der Waals surface area contributed by atoms with E-state index in [1.165, 1.54) is 6.92 Å². The Morgan fingerprint density at radius 1 is 1.29 bits per heavy atom. The van der Waals surface area contributed by atoms with Gasteiger partial charge in [-0.2, -0.15) is 0 Å². The first-order valence-corrected chi connectivity index (χ1v) is 7.21. The molecule has 94 valence electrons. The summed E-state index contributed by atoms with van der Waals surface area (Å²) in [5, 5.41) is 0.565. The summed E-state index contributed by atoms with van der Waals surface area (Å²) in [7, 11) is -3.12. The van der Waals surface area contributed by atoms with Gasteiger partial charge in [0.25, 0.3) is 7.37 Å². The van der Waals surface area contributed by atoms with E-state index in [1.54, 1.807) is 38.1 Å². The maximum Gasteiger partial charge on any atom is 0.303 e. The van der Waals surface area contributed by atoms with Gasteiger partial charge in [0, 0.05) is 12.2 Å². The summed E-state index contributed by atoms with van der Waals surface area (Å²) in [4.78, 5) is 10.8. The normalized spacial score (nSPS) is 14.4. The van der Waals surface area contributed by atoms with Gasteiger partial charge in [0.05, 0.1) is 6.10 Å². The Hall–Kier alpha value is -1.12. The average Bonchev–Trinajstić information content (AvgIpc) is 2.27. The first-order chi connectivity index (χ1) is 7.94. The Kier molecular flexibility index (Phi) is 4.91. The van der Waals surface area contributed by atoms with Crippen molar-refractivity contribution in [1.29, 1.82) is 0 Å². The fourth-order valence-corrected chi connectivity index (χ4v) is 3.33. The van der Waals surface area contributed by atoms with Gasteiger partial charge in [0.15, 0.2) is 6.35 Å². The molecular formula is C12H17O4P. The maximum absolute atomic E-state index is 12.6. The van der Waals surface area contributed by atoms with Gasteiger partial charge in [0.2, 0.25) is 0 Å². The number of hydrogen-bond acceptors (Lipinski definition) is 4. The summed E-state index contributed by atoms with van der Waals surface area (Å²) in [5.41, 5.74) is 0. The van der Waals surface area contributed by atoms with Crippen molar-refractivity contribution >= 4 is 18.6 Å². The minimum atomic E-state index is -3.12. The lowest BCUT2D eigenvalue weighted by Gasteiger charge is -2.20. The van der Waals surface area contributed by atoms with Gasteiger partial charge in [-0.15, -0.1) is 0 Å². The molecule has 0 N–H and O–H groups in total. The molecule has 0 spiro atoms. The predicted octanol–water partition coefficient (Wildman–Crippen LogP) is 2.54. The zero-order valence-corrected chi connectivity index (χ0v) is 11.1. The van der Waals surface area contributed by atoms with Crippen molar-refractivity contribution in [3.05, 3.63) is 30.3 Å². The van der Waals surface area contributed by atoms with Gasteiger partial charge < -0.3 is 9.26 Å². The molecule has 0 saturated carbocycles. The molecule has 4 nitrogen and oxygen atoms in total. The third kappa shape index (κ3) is 4.33. The maximum atomic E-state index is 12.6. The van der Waals surface area contributed by atoms with Crippen molar-refractivity contribution in [2.24, 2.45) is 0 Å². The standard InChI is InChI=1S/C12H17O4P/c1-10(2)16-17(14,9-15-11(3)13)12-7-5-4-6-8-12/h4-8,10H,9H2,1-3H3/t17-/m1/s1. The molecule has 0 radical (unpaired) electrons. The minimum absolute atomic E-state index is 0.198. The minimum Gasteiger partial charge on any atom is -0.455 e. The lowest BCUT2D eigenvalue weighted by Crippen LogP contribution is -2.16. The van der Waals surface area contributed by atoms with E-state index in [0.29, 0.717) is 5.30 Å². The molecule has 0 aliphatic heterocycles. The highest BCUT2D eigenvalue weighted by Crippen LogP contribution is 2.46. The van der Waals surface area contributed by atoms with E-state index in [0.717, 1.165) is 0 Å². The molecule has 0 aliphatic rings. The zero-order valence-electron chi connectivity index (χ0n) is 10.3. The Morgan fingerprint density at radius 2 is 1.88 bits per heavy atom. The van der Waals surface area contributed by atoms with E-state index in [9.17, 15) is 9.36 Å². The smallest absolute Gasteiger partial charge is 0.303 e. The first kappa shape index (κ1) is 13.9. The van der Waals surface area contributed by atoms with Crippen LogP contribution in [0.3, 0.4) is 0 Å². The highest BCUT2D eigenvalue weighted by molar-refractivity contribution is 7.66. The van der Waals surface area contributed by atoms with E-state index in [4.69, 9.17) is 9.26 Å². The molecule has 0 unspecified atom stereocenters. The Labute approximate surface area is 101 Å². The van der Waals surface area contributed by atoms with Crippen molar-refractivity contribution in [3.63, 3.8) is 0 Å². The molecular weight excluding hydrogens is 239 g/mol. The van der Waals surface area contributed by atoms with Crippen molar-refractivity contribution in [2.75, 3.05) is 6.35 Å². The highest BCUT2D eigenvalue weighted by Gasteiger charge is 2.28. The molecule has 1 aromatic carbocycles. The van der Waals surface area contributed by atoms with Crippen LogP contribution in [0.25, 0.3) is 0 Å². The van der Waals surface area contributed by atoms with Crippen LogP contribution in [-0.4, -0.2) is 18.4 Å². The van der Waals surface area contributed by atoms with E-state index in [-0.39, 0.29) is 12.5 Å². The summed E-state index contributed by atoms with van der Waals surface area (Å²) < 4.78 is 22.9. The monoisotopic (exact) mass is 256 g/mol. The van der Waals surface area contributed by atoms with Crippen LogP contribution in [0.1, 0.15) is 20.8 Å². The third-order valence-corrected chi connectivity index (χ3v) is 4.28. The van der Waals surface area contributed by atoms with Crippen LogP contribution in [0.15, 0.2) is 30.3 Å². The largest absolute Gasteiger partial charge is 0.455 e. The average molecular weight is 256 g/mol. The van der Waals surface area contributed by atoms with E-state index in [2.05, 4.69) is 0 Å². The first-order valence-electron chi connectivity index (χ1n) is 5.40. The second-order valence-electron chi connectivity index (χ2n) is 3.93. The Balaban J connectivity index is 2.94. The van der Waals surface area contributed by atoms with Crippen LogP contribution in [0.2, 0.25) is 0 Å². The number of esters is 1. The topological polar surface area (TPSA) is 52.6 Å². The Bertz CT molecular complexity index is 414. The van der Waals surface area contributed by atoms with Gasteiger partial charge in [-0.1, -0.05) is 18.2 Å². The summed E-state index contributed by atoms with van der Waals surface area (Å²) in [5.74, 6) is -0.464. The summed E-state index contributed by atoms with van der Waals surface area (Å²) in [6.45, 7) is 4.87. The molecule has 0 aliphatic carbocycles. The zero-order chi connectivity index (χ0) is 12.9. The van der Waals surface area contributed by atoms with Crippen molar-refractivity contribution in [2.45, 2.75) is 26.9 Å². The number of carbonyl (C=O) groups is 1. The molecule has 1 rings (SSSR count). The van der Waals surface area contributed by atoms with Crippen LogP contribution in [-0.2, 0) is 18.6 Å². The number of benzene rings is 1. The van der Waals surface area contributed by atoms with Gasteiger partial charge >= 0.3 is 5.97 Å². The fourth-order valence-electron chi connectivity index (χ4n) is 1.34. The number of carbonyl (C=O) groups excluding carboxylic acids is 1. The van der Waals surface area contributed by atoms with Crippen LogP contribution >= 0.6 is 7.37 Å². The van der Waals surface area contributed by atoms with Crippen molar-refractivity contribution in [3.8, 4) is 0 Å².